The number of likely N-dealkylation sites (tertiary alicyclic amines) is 1. The van der Waals surface area contributed by atoms with Crippen LogP contribution >= 0.6 is 11.6 Å². The number of halogens is 1. The Kier molecular flexibility index (Phi) is 8.35. The summed E-state index contributed by atoms with van der Waals surface area (Å²) in [5.41, 5.74) is 6.29. The van der Waals surface area contributed by atoms with Gasteiger partial charge in [0, 0.05) is 37.7 Å². The highest BCUT2D eigenvalue weighted by atomic mass is 35.5. The highest BCUT2D eigenvalue weighted by Gasteiger charge is 2.28. The SMILES string of the molecule is NCCNC(=O)C1CCCN(C(=O)CNC(=O)NCc2ccc(Cl)cc2)C1. The van der Waals surface area contributed by atoms with Crippen molar-refractivity contribution >= 4 is 29.4 Å². The average Bonchev–Trinajstić information content (AvgIpc) is 2.69. The van der Waals surface area contributed by atoms with E-state index in [4.69, 9.17) is 17.3 Å². The number of hydrogen-bond acceptors (Lipinski definition) is 4. The van der Waals surface area contributed by atoms with Crippen molar-refractivity contribution in [1.82, 2.24) is 20.9 Å². The Morgan fingerprint density at radius 1 is 1.15 bits per heavy atom. The van der Waals surface area contributed by atoms with E-state index in [9.17, 15) is 14.4 Å². The number of urea groups is 1. The second-order valence-electron chi connectivity index (χ2n) is 6.42. The zero-order valence-corrected chi connectivity index (χ0v) is 15.9. The Hall–Kier alpha value is -2.32. The van der Waals surface area contributed by atoms with Crippen LogP contribution in [0.1, 0.15) is 18.4 Å². The third-order valence-electron chi connectivity index (χ3n) is 4.35. The summed E-state index contributed by atoms with van der Waals surface area (Å²) in [5, 5.41) is 8.63. The first-order valence-corrected chi connectivity index (χ1v) is 9.39. The van der Waals surface area contributed by atoms with Crippen LogP contribution in [0.3, 0.4) is 0 Å². The van der Waals surface area contributed by atoms with Gasteiger partial charge in [0.1, 0.15) is 0 Å². The largest absolute Gasteiger partial charge is 0.355 e. The molecule has 148 valence electrons. The molecule has 1 aliphatic rings. The fourth-order valence-corrected chi connectivity index (χ4v) is 3.00. The molecular formula is C18H26ClN5O3. The third-order valence-corrected chi connectivity index (χ3v) is 4.61. The van der Waals surface area contributed by atoms with Crippen LogP contribution < -0.4 is 21.7 Å². The molecule has 0 radical (unpaired) electrons. The summed E-state index contributed by atoms with van der Waals surface area (Å²) in [7, 11) is 0. The van der Waals surface area contributed by atoms with Crippen LogP contribution in [-0.2, 0) is 16.1 Å². The fourth-order valence-electron chi connectivity index (χ4n) is 2.87. The van der Waals surface area contributed by atoms with E-state index in [0.29, 0.717) is 37.7 Å². The minimum Gasteiger partial charge on any atom is -0.355 e. The van der Waals surface area contributed by atoms with Crippen molar-refractivity contribution in [3.05, 3.63) is 34.9 Å². The minimum atomic E-state index is -0.424. The second kappa shape index (κ2) is 10.7. The molecule has 1 aromatic carbocycles. The summed E-state index contributed by atoms with van der Waals surface area (Å²) in [6.45, 7) is 2.00. The molecule has 2 rings (SSSR count). The number of nitrogens with zero attached hydrogens (tertiary/aromatic N) is 1. The molecule has 1 aromatic rings. The van der Waals surface area contributed by atoms with Gasteiger partial charge in [0.2, 0.25) is 11.8 Å². The fraction of sp³-hybridized carbons (Fsp3) is 0.500. The predicted octanol–water partition coefficient (Wildman–Crippen LogP) is 0.453. The normalized spacial score (nSPS) is 16.5. The zero-order chi connectivity index (χ0) is 19.6. The van der Waals surface area contributed by atoms with E-state index in [0.717, 1.165) is 18.4 Å². The monoisotopic (exact) mass is 395 g/mol. The van der Waals surface area contributed by atoms with Gasteiger partial charge in [0.25, 0.3) is 0 Å². The molecule has 0 aromatic heterocycles. The molecule has 1 saturated heterocycles. The van der Waals surface area contributed by atoms with Gasteiger partial charge >= 0.3 is 6.03 Å². The molecule has 1 unspecified atom stereocenters. The molecule has 1 atom stereocenters. The lowest BCUT2D eigenvalue weighted by Crippen LogP contribution is -2.49. The molecule has 0 spiro atoms. The van der Waals surface area contributed by atoms with Gasteiger partial charge in [-0.15, -0.1) is 0 Å². The molecule has 0 saturated carbocycles. The summed E-state index contributed by atoms with van der Waals surface area (Å²) in [6.07, 6.45) is 1.50. The lowest BCUT2D eigenvalue weighted by molar-refractivity contribution is -0.134. The van der Waals surface area contributed by atoms with Gasteiger partial charge in [-0.1, -0.05) is 23.7 Å². The summed E-state index contributed by atoms with van der Waals surface area (Å²) in [5.74, 6) is -0.507. The molecule has 0 aliphatic carbocycles. The number of rotatable bonds is 7. The highest BCUT2D eigenvalue weighted by molar-refractivity contribution is 6.30. The maximum Gasteiger partial charge on any atom is 0.315 e. The Balaban J connectivity index is 1.71. The smallest absolute Gasteiger partial charge is 0.315 e. The van der Waals surface area contributed by atoms with Crippen molar-refractivity contribution in [2.75, 3.05) is 32.7 Å². The first-order valence-electron chi connectivity index (χ1n) is 9.01. The summed E-state index contributed by atoms with van der Waals surface area (Å²) < 4.78 is 0. The van der Waals surface area contributed by atoms with Crippen molar-refractivity contribution in [3.63, 3.8) is 0 Å². The maximum atomic E-state index is 12.3. The number of amides is 4. The molecule has 4 amide bonds. The van der Waals surface area contributed by atoms with E-state index in [1.807, 2.05) is 12.1 Å². The number of piperidine rings is 1. The van der Waals surface area contributed by atoms with Crippen molar-refractivity contribution in [2.24, 2.45) is 11.7 Å². The molecule has 27 heavy (non-hydrogen) atoms. The Bertz CT molecular complexity index is 653. The van der Waals surface area contributed by atoms with Crippen molar-refractivity contribution in [2.45, 2.75) is 19.4 Å². The third kappa shape index (κ3) is 7.07. The van der Waals surface area contributed by atoms with E-state index in [1.54, 1.807) is 17.0 Å². The number of nitrogens with two attached hydrogens (primary N) is 1. The zero-order valence-electron chi connectivity index (χ0n) is 15.2. The molecule has 1 heterocycles. The van der Waals surface area contributed by atoms with E-state index >= 15 is 0 Å². The Morgan fingerprint density at radius 3 is 2.59 bits per heavy atom. The quantitative estimate of drug-likeness (QED) is 0.536. The number of nitrogens with one attached hydrogen (secondary N) is 3. The van der Waals surface area contributed by atoms with Crippen LogP contribution in [-0.4, -0.2) is 55.5 Å². The van der Waals surface area contributed by atoms with Crippen molar-refractivity contribution in [3.8, 4) is 0 Å². The second-order valence-corrected chi connectivity index (χ2v) is 6.86. The number of carbonyl (C=O) groups is 3. The standard InChI is InChI=1S/C18H26ClN5O3/c19-15-5-3-13(4-6-15)10-22-18(27)23-11-16(25)24-9-1-2-14(12-24)17(26)21-8-7-20/h3-6,14H,1-2,7-12,20H2,(H,21,26)(H2,22,23,27). The average molecular weight is 396 g/mol. The first-order chi connectivity index (χ1) is 13.0. The molecule has 0 bridgehead atoms. The molecule has 1 aliphatic heterocycles. The topological polar surface area (TPSA) is 117 Å². The van der Waals surface area contributed by atoms with Gasteiger partial charge in [-0.2, -0.15) is 0 Å². The molecular weight excluding hydrogens is 370 g/mol. The van der Waals surface area contributed by atoms with E-state index in [1.165, 1.54) is 0 Å². The Labute approximate surface area is 163 Å². The van der Waals surface area contributed by atoms with Gasteiger partial charge in [0.05, 0.1) is 12.5 Å². The predicted molar refractivity (Wildman–Crippen MR) is 103 cm³/mol. The maximum absolute atomic E-state index is 12.3. The van der Waals surface area contributed by atoms with Crippen LogP contribution in [0.15, 0.2) is 24.3 Å². The molecule has 5 N–H and O–H groups in total. The molecule has 1 fully saturated rings. The number of hydrogen-bond donors (Lipinski definition) is 4. The highest BCUT2D eigenvalue weighted by Crippen LogP contribution is 2.16. The summed E-state index contributed by atoms with van der Waals surface area (Å²) in [6, 6.07) is 6.70. The minimum absolute atomic E-state index is 0.0772. The lowest BCUT2D eigenvalue weighted by atomic mass is 9.97. The first kappa shape index (κ1) is 21.0. The molecule has 8 nitrogen and oxygen atoms in total. The van der Waals surface area contributed by atoms with Crippen LogP contribution in [0.2, 0.25) is 5.02 Å². The van der Waals surface area contributed by atoms with E-state index in [-0.39, 0.29) is 24.3 Å². The van der Waals surface area contributed by atoms with Crippen LogP contribution in [0.5, 0.6) is 0 Å². The van der Waals surface area contributed by atoms with Gasteiger partial charge in [-0.25, -0.2) is 4.79 Å². The lowest BCUT2D eigenvalue weighted by Gasteiger charge is -2.32. The van der Waals surface area contributed by atoms with Crippen LogP contribution in [0, 0.1) is 5.92 Å². The van der Waals surface area contributed by atoms with Crippen LogP contribution in [0.4, 0.5) is 4.79 Å². The van der Waals surface area contributed by atoms with Gasteiger partial charge in [-0.3, -0.25) is 9.59 Å². The van der Waals surface area contributed by atoms with Gasteiger partial charge in [0.15, 0.2) is 0 Å². The van der Waals surface area contributed by atoms with E-state index in [2.05, 4.69) is 16.0 Å². The van der Waals surface area contributed by atoms with Crippen LogP contribution in [0.25, 0.3) is 0 Å². The van der Waals surface area contributed by atoms with Gasteiger partial charge in [-0.05, 0) is 30.5 Å². The summed E-state index contributed by atoms with van der Waals surface area (Å²) in [4.78, 5) is 37.8. The van der Waals surface area contributed by atoms with Crippen molar-refractivity contribution in [1.29, 1.82) is 0 Å². The van der Waals surface area contributed by atoms with E-state index < -0.39 is 6.03 Å². The summed E-state index contributed by atoms with van der Waals surface area (Å²) >= 11 is 5.82. The molecule has 9 heteroatoms. The van der Waals surface area contributed by atoms with Gasteiger partial charge < -0.3 is 26.6 Å². The number of benzene rings is 1. The Morgan fingerprint density at radius 2 is 1.89 bits per heavy atom. The van der Waals surface area contributed by atoms with Crippen molar-refractivity contribution < 1.29 is 14.4 Å². The number of carbonyl (C=O) groups excluding carboxylic acids is 3.